The second kappa shape index (κ2) is 8.83. The lowest BCUT2D eigenvalue weighted by Gasteiger charge is -2.14. The van der Waals surface area contributed by atoms with Gasteiger partial charge in [0.05, 0.1) is 10.9 Å². The van der Waals surface area contributed by atoms with Gasteiger partial charge in [-0.25, -0.2) is 0 Å². The van der Waals surface area contributed by atoms with Gasteiger partial charge in [-0.15, -0.1) is 11.3 Å². The number of carbonyl (C=O) groups is 3. The molecule has 2 amide bonds. The van der Waals surface area contributed by atoms with Crippen LogP contribution in [-0.2, 0) is 14.3 Å². The molecule has 6 nitrogen and oxygen atoms in total. The van der Waals surface area contributed by atoms with Gasteiger partial charge in [-0.3, -0.25) is 14.4 Å². The maximum Gasteiger partial charge on any atom is 0.325 e. The maximum atomic E-state index is 11.8. The Labute approximate surface area is 143 Å². The number of hydrogen-bond acceptors (Lipinski definition) is 5. The van der Waals surface area contributed by atoms with E-state index in [1.807, 2.05) is 37.3 Å². The zero-order chi connectivity index (χ0) is 17.4. The van der Waals surface area contributed by atoms with Crippen molar-refractivity contribution in [1.29, 1.82) is 0 Å². The van der Waals surface area contributed by atoms with Gasteiger partial charge in [0.2, 0.25) is 0 Å². The Bertz CT molecular complexity index is 686. The first-order valence-electron chi connectivity index (χ1n) is 7.38. The molecule has 1 atom stereocenters. The van der Waals surface area contributed by atoms with Crippen molar-refractivity contribution in [3.63, 3.8) is 0 Å². The third-order valence-electron chi connectivity index (χ3n) is 3.18. The van der Waals surface area contributed by atoms with Crippen molar-refractivity contribution >= 4 is 29.1 Å². The molecule has 0 aliphatic heterocycles. The molecule has 0 unspecified atom stereocenters. The van der Waals surface area contributed by atoms with E-state index in [1.54, 1.807) is 17.5 Å². The molecule has 0 aliphatic carbocycles. The van der Waals surface area contributed by atoms with E-state index >= 15 is 0 Å². The summed E-state index contributed by atoms with van der Waals surface area (Å²) in [7, 11) is 0. The Morgan fingerprint density at radius 1 is 1.12 bits per heavy atom. The molecule has 7 heteroatoms. The quantitative estimate of drug-likeness (QED) is 0.750. The highest BCUT2D eigenvalue weighted by Crippen LogP contribution is 2.10. The molecule has 0 bridgehead atoms. The van der Waals surface area contributed by atoms with Gasteiger partial charge >= 0.3 is 5.97 Å². The molecule has 1 heterocycles. The molecule has 0 fully saturated rings. The van der Waals surface area contributed by atoms with E-state index in [-0.39, 0.29) is 25.1 Å². The molecule has 2 aromatic rings. The van der Waals surface area contributed by atoms with Crippen LogP contribution in [0.15, 0.2) is 47.8 Å². The van der Waals surface area contributed by atoms with Gasteiger partial charge in [0.1, 0.15) is 6.54 Å². The van der Waals surface area contributed by atoms with Crippen LogP contribution in [0.3, 0.4) is 0 Å². The van der Waals surface area contributed by atoms with Gasteiger partial charge in [0.15, 0.2) is 6.61 Å². The molecule has 0 aliphatic rings. The van der Waals surface area contributed by atoms with Gasteiger partial charge in [-0.05, 0) is 23.9 Å². The standard InChI is InChI=1S/C17H18N2O4S/c1-12(13-6-3-2-4-7-13)19-15(20)11-23-16(21)10-18-17(22)14-8-5-9-24-14/h2-9,12H,10-11H2,1H3,(H,18,22)(H,19,20)/t12-/m0/s1. The first-order chi connectivity index (χ1) is 11.6. The fraction of sp³-hybridized carbons (Fsp3) is 0.235. The van der Waals surface area contributed by atoms with Crippen molar-refractivity contribution in [3.05, 3.63) is 58.3 Å². The van der Waals surface area contributed by atoms with Crippen molar-refractivity contribution in [3.8, 4) is 0 Å². The summed E-state index contributed by atoms with van der Waals surface area (Å²) in [4.78, 5) is 35.5. The molecule has 1 aromatic heterocycles. The highest BCUT2D eigenvalue weighted by atomic mass is 32.1. The number of nitrogens with one attached hydrogen (secondary N) is 2. The second-order valence-electron chi connectivity index (χ2n) is 5.02. The van der Waals surface area contributed by atoms with Crippen LogP contribution in [0, 0.1) is 0 Å². The molecule has 1 aromatic carbocycles. The first kappa shape index (κ1) is 17.7. The summed E-state index contributed by atoms with van der Waals surface area (Å²) in [5.41, 5.74) is 0.959. The number of hydrogen-bond donors (Lipinski definition) is 2. The van der Waals surface area contributed by atoms with Crippen molar-refractivity contribution in [1.82, 2.24) is 10.6 Å². The van der Waals surface area contributed by atoms with E-state index < -0.39 is 11.9 Å². The average Bonchev–Trinajstić information content (AvgIpc) is 3.13. The van der Waals surface area contributed by atoms with E-state index in [9.17, 15) is 14.4 Å². The summed E-state index contributed by atoms with van der Waals surface area (Å²) in [6.07, 6.45) is 0. The Balaban J connectivity index is 1.67. The van der Waals surface area contributed by atoms with Gasteiger partial charge in [0, 0.05) is 0 Å². The van der Waals surface area contributed by atoms with Crippen molar-refractivity contribution in [2.45, 2.75) is 13.0 Å². The molecule has 2 N–H and O–H groups in total. The second-order valence-corrected chi connectivity index (χ2v) is 5.97. The number of thiophene rings is 1. The Kier molecular flexibility index (Phi) is 6.51. The van der Waals surface area contributed by atoms with Crippen LogP contribution in [0.5, 0.6) is 0 Å². The minimum atomic E-state index is -0.664. The van der Waals surface area contributed by atoms with Gasteiger partial charge in [-0.1, -0.05) is 36.4 Å². The number of carbonyl (C=O) groups excluding carboxylic acids is 3. The molecule has 0 saturated carbocycles. The summed E-state index contributed by atoms with van der Waals surface area (Å²) in [5, 5.41) is 6.95. The van der Waals surface area contributed by atoms with Crippen LogP contribution in [-0.4, -0.2) is 30.9 Å². The Morgan fingerprint density at radius 3 is 2.54 bits per heavy atom. The Hall–Kier alpha value is -2.67. The fourth-order valence-corrected chi connectivity index (χ4v) is 2.59. The number of benzene rings is 1. The molecule has 24 heavy (non-hydrogen) atoms. The zero-order valence-corrected chi connectivity index (χ0v) is 14.0. The van der Waals surface area contributed by atoms with Gasteiger partial charge in [-0.2, -0.15) is 0 Å². The minimum absolute atomic E-state index is 0.184. The van der Waals surface area contributed by atoms with E-state index in [2.05, 4.69) is 10.6 Å². The van der Waals surface area contributed by atoms with Crippen molar-refractivity contribution in [2.24, 2.45) is 0 Å². The number of ether oxygens (including phenoxy) is 1. The third-order valence-corrected chi connectivity index (χ3v) is 4.05. The van der Waals surface area contributed by atoms with Crippen molar-refractivity contribution in [2.75, 3.05) is 13.2 Å². The summed E-state index contributed by atoms with van der Waals surface area (Å²) in [6.45, 7) is 1.18. The van der Waals surface area contributed by atoms with Crippen LogP contribution in [0.2, 0.25) is 0 Å². The monoisotopic (exact) mass is 346 g/mol. The Morgan fingerprint density at radius 2 is 1.88 bits per heavy atom. The normalized spacial score (nSPS) is 11.4. The number of amides is 2. The lowest BCUT2D eigenvalue weighted by Crippen LogP contribution is -2.34. The lowest BCUT2D eigenvalue weighted by atomic mass is 10.1. The van der Waals surface area contributed by atoms with E-state index in [0.29, 0.717) is 4.88 Å². The van der Waals surface area contributed by atoms with Gasteiger partial charge in [0.25, 0.3) is 11.8 Å². The first-order valence-corrected chi connectivity index (χ1v) is 8.26. The smallest absolute Gasteiger partial charge is 0.325 e. The van der Waals surface area contributed by atoms with E-state index in [0.717, 1.165) is 5.56 Å². The van der Waals surface area contributed by atoms with Gasteiger partial charge < -0.3 is 15.4 Å². The van der Waals surface area contributed by atoms with Crippen LogP contribution in [0.1, 0.15) is 28.2 Å². The van der Waals surface area contributed by atoms with Crippen LogP contribution < -0.4 is 10.6 Å². The predicted molar refractivity (Wildman–Crippen MR) is 90.6 cm³/mol. The average molecular weight is 346 g/mol. The SMILES string of the molecule is C[C@H](NC(=O)COC(=O)CNC(=O)c1cccs1)c1ccccc1. The van der Waals surface area contributed by atoms with Crippen molar-refractivity contribution < 1.29 is 19.1 Å². The van der Waals surface area contributed by atoms with Crippen LogP contribution in [0.4, 0.5) is 0 Å². The van der Waals surface area contributed by atoms with Crippen LogP contribution in [0.25, 0.3) is 0 Å². The molecular weight excluding hydrogens is 328 g/mol. The largest absolute Gasteiger partial charge is 0.454 e. The fourth-order valence-electron chi connectivity index (χ4n) is 1.95. The number of esters is 1. The molecule has 2 rings (SSSR count). The summed E-state index contributed by atoms with van der Waals surface area (Å²) < 4.78 is 4.85. The summed E-state index contributed by atoms with van der Waals surface area (Å²) in [5.74, 6) is -1.41. The highest BCUT2D eigenvalue weighted by molar-refractivity contribution is 7.12. The highest BCUT2D eigenvalue weighted by Gasteiger charge is 2.13. The minimum Gasteiger partial charge on any atom is -0.454 e. The molecule has 0 radical (unpaired) electrons. The molecule has 0 spiro atoms. The lowest BCUT2D eigenvalue weighted by molar-refractivity contribution is -0.147. The van der Waals surface area contributed by atoms with E-state index in [4.69, 9.17) is 4.74 Å². The maximum absolute atomic E-state index is 11.8. The summed E-state index contributed by atoms with van der Waals surface area (Å²) in [6, 6.07) is 12.7. The molecule has 0 saturated heterocycles. The topological polar surface area (TPSA) is 84.5 Å². The molecule has 126 valence electrons. The molecular formula is C17H18N2O4S. The zero-order valence-electron chi connectivity index (χ0n) is 13.2. The summed E-state index contributed by atoms with van der Waals surface area (Å²) >= 11 is 1.28. The third kappa shape index (κ3) is 5.51. The van der Waals surface area contributed by atoms with E-state index in [1.165, 1.54) is 11.3 Å². The van der Waals surface area contributed by atoms with Crippen LogP contribution >= 0.6 is 11.3 Å². The predicted octanol–water partition coefficient (Wildman–Crippen LogP) is 1.90. The number of rotatable bonds is 7.